The third kappa shape index (κ3) is 2.04. The highest BCUT2D eigenvalue weighted by atomic mass is 19.3. The van der Waals surface area contributed by atoms with Crippen LogP contribution in [0.2, 0.25) is 0 Å². The highest BCUT2D eigenvalue weighted by molar-refractivity contribution is 5.29. The number of rotatable bonds is 3. The molecule has 1 rings (SSSR count). The fraction of sp³-hybridized carbons (Fsp3) is 0.333. The largest absolute Gasteiger partial charge is 0.322 e. The molecule has 0 aliphatic heterocycles. The highest BCUT2D eigenvalue weighted by Gasteiger charge is 2.19. The van der Waals surface area contributed by atoms with Crippen molar-refractivity contribution < 1.29 is 17.6 Å². The Kier molecular flexibility index (Phi) is 3.46. The van der Waals surface area contributed by atoms with E-state index in [0.717, 1.165) is 6.07 Å². The van der Waals surface area contributed by atoms with Crippen LogP contribution in [0.15, 0.2) is 18.2 Å². The maximum atomic E-state index is 13.2. The first kappa shape index (κ1) is 11.0. The van der Waals surface area contributed by atoms with Gasteiger partial charge in [0.05, 0.1) is 11.6 Å². The first-order valence-corrected chi connectivity index (χ1v) is 3.96. The summed E-state index contributed by atoms with van der Waals surface area (Å²) in [5, 5.41) is 0. The van der Waals surface area contributed by atoms with E-state index in [2.05, 4.69) is 0 Å². The van der Waals surface area contributed by atoms with Crippen LogP contribution in [0.4, 0.5) is 17.6 Å². The molecule has 0 bridgehead atoms. The van der Waals surface area contributed by atoms with Crippen LogP contribution < -0.4 is 5.73 Å². The van der Waals surface area contributed by atoms with Gasteiger partial charge in [-0.2, -0.15) is 0 Å². The molecule has 1 aromatic carbocycles. The Morgan fingerprint density at radius 2 is 1.79 bits per heavy atom. The third-order valence-corrected chi connectivity index (χ3v) is 1.86. The summed E-state index contributed by atoms with van der Waals surface area (Å²) in [7, 11) is 0. The lowest BCUT2D eigenvalue weighted by molar-refractivity contribution is 0.146. The zero-order chi connectivity index (χ0) is 10.7. The smallest absolute Gasteiger partial charge is 0.266 e. The molecule has 0 saturated carbocycles. The van der Waals surface area contributed by atoms with Crippen molar-refractivity contribution >= 4 is 0 Å². The third-order valence-electron chi connectivity index (χ3n) is 1.86. The van der Waals surface area contributed by atoms with Gasteiger partial charge in [-0.05, 0) is 0 Å². The number of hydrogen-bond donors (Lipinski definition) is 1. The molecule has 0 aromatic heterocycles. The second-order valence-electron chi connectivity index (χ2n) is 2.81. The van der Waals surface area contributed by atoms with Crippen molar-refractivity contribution in [3.05, 3.63) is 35.1 Å². The van der Waals surface area contributed by atoms with E-state index in [1.54, 1.807) is 0 Å². The molecular weight excluding hydrogens is 198 g/mol. The normalized spacial score (nSPS) is 13.3. The molecular formula is C9H9F4N. The summed E-state index contributed by atoms with van der Waals surface area (Å²) >= 11 is 0. The molecule has 1 atom stereocenters. The van der Waals surface area contributed by atoms with Crippen molar-refractivity contribution in [2.75, 3.05) is 6.67 Å². The minimum Gasteiger partial charge on any atom is -0.322 e. The van der Waals surface area contributed by atoms with Gasteiger partial charge in [-0.3, -0.25) is 0 Å². The van der Waals surface area contributed by atoms with Crippen molar-refractivity contribution in [2.45, 2.75) is 12.5 Å². The summed E-state index contributed by atoms with van der Waals surface area (Å²) in [6.45, 7) is -0.983. The van der Waals surface area contributed by atoms with E-state index >= 15 is 0 Å². The van der Waals surface area contributed by atoms with E-state index in [4.69, 9.17) is 5.73 Å². The Morgan fingerprint density at radius 3 is 2.29 bits per heavy atom. The molecule has 0 saturated heterocycles. The molecule has 14 heavy (non-hydrogen) atoms. The van der Waals surface area contributed by atoms with Gasteiger partial charge in [0.15, 0.2) is 0 Å². The Labute approximate surface area is 78.5 Å². The van der Waals surface area contributed by atoms with Crippen LogP contribution in [0.5, 0.6) is 0 Å². The Hall–Kier alpha value is -1.10. The average Bonchev–Trinajstić information content (AvgIpc) is 2.16. The number of alkyl halides is 3. The SMILES string of the molecule is NC(CF)c1cccc(C(F)F)c1F. The van der Waals surface area contributed by atoms with Crippen LogP contribution in [0.25, 0.3) is 0 Å². The van der Waals surface area contributed by atoms with Gasteiger partial charge in [-0.15, -0.1) is 0 Å². The topological polar surface area (TPSA) is 26.0 Å². The zero-order valence-electron chi connectivity index (χ0n) is 7.18. The number of hydrogen-bond acceptors (Lipinski definition) is 1. The summed E-state index contributed by atoms with van der Waals surface area (Å²) in [6.07, 6.45) is -2.92. The van der Waals surface area contributed by atoms with E-state index in [1.165, 1.54) is 12.1 Å². The van der Waals surface area contributed by atoms with Crippen LogP contribution >= 0.6 is 0 Å². The molecule has 1 nitrogen and oxygen atoms in total. The van der Waals surface area contributed by atoms with Gasteiger partial charge in [0.1, 0.15) is 12.5 Å². The average molecular weight is 207 g/mol. The van der Waals surface area contributed by atoms with Crippen LogP contribution in [0.3, 0.4) is 0 Å². The van der Waals surface area contributed by atoms with Crippen molar-refractivity contribution in [3.8, 4) is 0 Å². The Bertz CT molecular complexity index is 314. The second kappa shape index (κ2) is 4.41. The summed E-state index contributed by atoms with van der Waals surface area (Å²) in [4.78, 5) is 0. The molecule has 1 aromatic rings. The molecule has 0 aliphatic rings. The molecule has 0 heterocycles. The second-order valence-corrected chi connectivity index (χ2v) is 2.81. The van der Waals surface area contributed by atoms with E-state index in [1.807, 2.05) is 0 Å². The predicted octanol–water partition coefficient (Wildman–Crippen LogP) is 2.73. The number of halogens is 4. The van der Waals surface area contributed by atoms with E-state index in [-0.39, 0.29) is 5.56 Å². The zero-order valence-corrected chi connectivity index (χ0v) is 7.18. The highest BCUT2D eigenvalue weighted by Crippen LogP contribution is 2.26. The standard InChI is InChI=1S/C9H9F4N/c10-4-7(14)5-2-1-3-6(8(5)11)9(12)13/h1-3,7,9H,4,14H2. The summed E-state index contributed by atoms with van der Waals surface area (Å²) in [5.74, 6) is -1.12. The van der Waals surface area contributed by atoms with Gasteiger partial charge in [-0.25, -0.2) is 17.6 Å². The predicted molar refractivity (Wildman–Crippen MR) is 44.3 cm³/mol. The molecule has 5 heteroatoms. The van der Waals surface area contributed by atoms with E-state index in [9.17, 15) is 17.6 Å². The van der Waals surface area contributed by atoms with Crippen molar-refractivity contribution in [1.29, 1.82) is 0 Å². The summed E-state index contributed by atoms with van der Waals surface area (Å²) < 4.78 is 49.7. The number of benzene rings is 1. The summed E-state index contributed by atoms with van der Waals surface area (Å²) in [5.41, 5.74) is 4.24. The first-order valence-electron chi connectivity index (χ1n) is 3.96. The van der Waals surface area contributed by atoms with Crippen LogP contribution in [0.1, 0.15) is 23.6 Å². The molecule has 0 aliphatic carbocycles. The molecule has 1 unspecified atom stereocenters. The molecule has 0 spiro atoms. The van der Waals surface area contributed by atoms with Crippen molar-refractivity contribution in [1.82, 2.24) is 0 Å². The van der Waals surface area contributed by atoms with Crippen molar-refractivity contribution in [2.24, 2.45) is 5.73 Å². The lowest BCUT2D eigenvalue weighted by atomic mass is 10.0. The van der Waals surface area contributed by atoms with Crippen LogP contribution in [-0.4, -0.2) is 6.67 Å². The lowest BCUT2D eigenvalue weighted by Gasteiger charge is -2.11. The first-order chi connectivity index (χ1) is 6.57. The fourth-order valence-electron chi connectivity index (χ4n) is 1.11. The van der Waals surface area contributed by atoms with Gasteiger partial charge in [0.25, 0.3) is 6.43 Å². The van der Waals surface area contributed by atoms with Crippen LogP contribution in [-0.2, 0) is 0 Å². The lowest BCUT2D eigenvalue weighted by Crippen LogP contribution is -2.15. The fourth-order valence-corrected chi connectivity index (χ4v) is 1.11. The number of nitrogens with two attached hydrogens (primary N) is 1. The minimum absolute atomic E-state index is 0.217. The maximum absolute atomic E-state index is 13.2. The van der Waals surface area contributed by atoms with E-state index in [0.29, 0.717) is 0 Å². The van der Waals surface area contributed by atoms with Gasteiger partial charge >= 0.3 is 0 Å². The Balaban J connectivity index is 3.13. The van der Waals surface area contributed by atoms with Crippen LogP contribution in [0, 0.1) is 5.82 Å². The molecule has 2 N–H and O–H groups in total. The molecule has 0 radical (unpaired) electrons. The minimum atomic E-state index is -2.92. The van der Waals surface area contributed by atoms with Gasteiger partial charge < -0.3 is 5.73 Å². The molecule has 0 amide bonds. The maximum Gasteiger partial charge on any atom is 0.266 e. The Morgan fingerprint density at radius 1 is 1.21 bits per heavy atom. The van der Waals surface area contributed by atoms with Crippen molar-refractivity contribution in [3.63, 3.8) is 0 Å². The quantitative estimate of drug-likeness (QED) is 0.757. The van der Waals surface area contributed by atoms with Gasteiger partial charge in [-0.1, -0.05) is 18.2 Å². The summed E-state index contributed by atoms with van der Waals surface area (Å²) in [6, 6.07) is 2.20. The monoisotopic (exact) mass is 207 g/mol. The van der Waals surface area contributed by atoms with Gasteiger partial charge in [0.2, 0.25) is 0 Å². The molecule has 0 fully saturated rings. The molecule has 78 valence electrons. The van der Waals surface area contributed by atoms with E-state index < -0.39 is 30.5 Å². The van der Waals surface area contributed by atoms with Gasteiger partial charge in [0, 0.05) is 5.56 Å².